The van der Waals surface area contributed by atoms with E-state index < -0.39 is 15.4 Å². The summed E-state index contributed by atoms with van der Waals surface area (Å²) in [5.41, 5.74) is 5.30. The highest BCUT2D eigenvalue weighted by atomic mass is 32.2. The molecule has 0 saturated carbocycles. The lowest BCUT2D eigenvalue weighted by atomic mass is 10.1. The Labute approximate surface area is 107 Å². The van der Waals surface area contributed by atoms with Gasteiger partial charge in [0.15, 0.2) is 9.84 Å². The minimum Gasteiger partial charge on any atom is -0.346 e. The van der Waals surface area contributed by atoms with Crippen molar-refractivity contribution >= 4 is 15.7 Å². The van der Waals surface area contributed by atoms with Crippen molar-refractivity contribution in [2.75, 3.05) is 12.8 Å². The lowest BCUT2D eigenvalue weighted by molar-refractivity contribution is 0.0915. The fraction of sp³-hybridized carbons (Fsp3) is 0.417. The number of amides is 1. The molecule has 1 aromatic carbocycles. The zero-order chi connectivity index (χ0) is 14.0. The van der Waals surface area contributed by atoms with Crippen LogP contribution >= 0.6 is 0 Å². The van der Waals surface area contributed by atoms with Gasteiger partial charge in [-0.25, -0.2) is 8.42 Å². The van der Waals surface area contributed by atoms with Crippen molar-refractivity contribution in [2.24, 2.45) is 5.73 Å². The lowest BCUT2D eigenvalue weighted by Crippen LogP contribution is -2.48. The van der Waals surface area contributed by atoms with E-state index in [9.17, 15) is 13.2 Å². The number of benzene rings is 1. The Bertz CT molecular complexity index is 550. The molecule has 0 atom stereocenters. The van der Waals surface area contributed by atoms with Crippen molar-refractivity contribution in [3.63, 3.8) is 0 Å². The molecular weight excluding hydrogens is 252 g/mol. The van der Waals surface area contributed by atoms with Gasteiger partial charge in [-0.05, 0) is 32.0 Å². The zero-order valence-corrected chi connectivity index (χ0v) is 11.5. The highest BCUT2D eigenvalue weighted by molar-refractivity contribution is 7.90. The number of nitrogens with one attached hydrogen (secondary N) is 1. The van der Waals surface area contributed by atoms with Crippen LogP contribution in [0.3, 0.4) is 0 Å². The predicted octanol–water partition coefficient (Wildman–Crippen LogP) is 0.557. The standard InChI is InChI=1S/C12H18N2O3S/c1-12(2,8-13)14-11(15)9-5-4-6-10(7-9)18(3,16)17/h4-7H,8,13H2,1-3H3,(H,14,15). The van der Waals surface area contributed by atoms with Gasteiger partial charge < -0.3 is 11.1 Å². The van der Waals surface area contributed by atoms with Gasteiger partial charge in [-0.2, -0.15) is 0 Å². The summed E-state index contributed by atoms with van der Waals surface area (Å²) < 4.78 is 22.8. The van der Waals surface area contributed by atoms with Crippen LogP contribution in [0.15, 0.2) is 29.2 Å². The van der Waals surface area contributed by atoms with Crippen molar-refractivity contribution in [2.45, 2.75) is 24.3 Å². The molecule has 6 heteroatoms. The maximum atomic E-state index is 11.9. The van der Waals surface area contributed by atoms with Crippen LogP contribution in [0.25, 0.3) is 0 Å². The molecule has 100 valence electrons. The molecule has 0 unspecified atom stereocenters. The number of hydrogen-bond acceptors (Lipinski definition) is 4. The third-order valence-electron chi connectivity index (χ3n) is 2.49. The molecule has 0 aliphatic heterocycles. The summed E-state index contributed by atoms with van der Waals surface area (Å²) in [4.78, 5) is 12.1. The fourth-order valence-corrected chi connectivity index (χ4v) is 1.97. The Balaban J connectivity index is 3.02. The summed E-state index contributed by atoms with van der Waals surface area (Å²) >= 11 is 0. The third-order valence-corrected chi connectivity index (χ3v) is 3.60. The van der Waals surface area contributed by atoms with E-state index in [4.69, 9.17) is 5.73 Å². The SMILES string of the molecule is CC(C)(CN)NC(=O)c1cccc(S(C)(=O)=O)c1. The van der Waals surface area contributed by atoms with Gasteiger partial charge in [0.25, 0.3) is 5.91 Å². The molecular formula is C12H18N2O3S. The van der Waals surface area contributed by atoms with Crippen molar-refractivity contribution in [3.05, 3.63) is 29.8 Å². The van der Waals surface area contributed by atoms with Gasteiger partial charge in [-0.15, -0.1) is 0 Å². The lowest BCUT2D eigenvalue weighted by Gasteiger charge is -2.24. The minimum atomic E-state index is -3.31. The Morgan fingerprint density at radius 2 is 2.00 bits per heavy atom. The summed E-state index contributed by atoms with van der Waals surface area (Å²) in [7, 11) is -3.31. The van der Waals surface area contributed by atoms with Gasteiger partial charge in [-0.1, -0.05) is 6.07 Å². The van der Waals surface area contributed by atoms with Gasteiger partial charge in [0.1, 0.15) is 0 Å². The molecule has 0 aliphatic rings. The molecule has 1 aromatic rings. The molecule has 0 spiro atoms. The van der Waals surface area contributed by atoms with Crippen molar-refractivity contribution in [3.8, 4) is 0 Å². The van der Waals surface area contributed by atoms with Gasteiger partial charge in [0.2, 0.25) is 0 Å². The maximum absolute atomic E-state index is 11.9. The van der Waals surface area contributed by atoms with E-state index in [2.05, 4.69) is 5.32 Å². The van der Waals surface area contributed by atoms with Crippen LogP contribution in [0, 0.1) is 0 Å². The number of nitrogens with two attached hydrogens (primary N) is 1. The summed E-state index contributed by atoms with van der Waals surface area (Å²) in [6, 6.07) is 5.93. The van der Waals surface area contributed by atoms with Crippen LogP contribution in [-0.4, -0.2) is 32.7 Å². The van der Waals surface area contributed by atoms with E-state index in [1.807, 2.05) is 0 Å². The molecule has 1 rings (SSSR count). The Hall–Kier alpha value is -1.40. The number of rotatable bonds is 4. The first-order chi connectivity index (χ1) is 8.15. The van der Waals surface area contributed by atoms with E-state index in [1.54, 1.807) is 26.0 Å². The van der Waals surface area contributed by atoms with E-state index in [-0.39, 0.29) is 10.8 Å². The normalized spacial score (nSPS) is 12.2. The topological polar surface area (TPSA) is 89.3 Å². The first-order valence-electron chi connectivity index (χ1n) is 5.48. The Kier molecular flexibility index (Phi) is 4.13. The molecule has 0 heterocycles. The predicted molar refractivity (Wildman–Crippen MR) is 70.2 cm³/mol. The van der Waals surface area contributed by atoms with Gasteiger partial charge in [0.05, 0.1) is 4.90 Å². The number of sulfone groups is 1. The van der Waals surface area contributed by atoms with E-state index in [1.165, 1.54) is 12.1 Å². The van der Waals surface area contributed by atoms with Gasteiger partial charge in [-0.3, -0.25) is 4.79 Å². The van der Waals surface area contributed by atoms with Crippen LogP contribution in [0.4, 0.5) is 0 Å². The summed E-state index contributed by atoms with van der Waals surface area (Å²) in [5.74, 6) is -0.337. The molecule has 0 aliphatic carbocycles. The van der Waals surface area contributed by atoms with Crippen molar-refractivity contribution in [1.29, 1.82) is 0 Å². The molecule has 0 aromatic heterocycles. The molecule has 0 radical (unpaired) electrons. The molecule has 0 bridgehead atoms. The molecule has 1 amide bonds. The second kappa shape index (κ2) is 5.07. The summed E-state index contributed by atoms with van der Waals surface area (Å²) in [6.07, 6.45) is 1.10. The molecule has 0 saturated heterocycles. The second-order valence-electron chi connectivity index (χ2n) is 4.84. The monoisotopic (exact) mass is 270 g/mol. The molecule has 5 nitrogen and oxygen atoms in total. The van der Waals surface area contributed by atoms with Crippen LogP contribution < -0.4 is 11.1 Å². The highest BCUT2D eigenvalue weighted by Gasteiger charge is 2.20. The van der Waals surface area contributed by atoms with E-state index in [0.29, 0.717) is 12.1 Å². The second-order valence-corrected chi connectivity index (χ2v) is 6.86. The van der Waals surface area contributed by atoms with Crippen LogP contribution in [0.1, 0.15) is 24.2 Å². The first kappa shape index (κ1) is 14.7. The average Bonchev–Trinajstić information content (AvgIpc) is 2.27. The molecule has 3 N–H and O–H groups in total. The minimum absolute atomic E-state index is 0.126. The quantitative estimate of drug-likeness (QED) is 0.836. The number of hydrogen-bond donors (Lipinski definition) is 2. The van der Waals surface area contributed by atoms with Crippen molar-refractivity contribution < 1.29 is 13.2 Å². The molecule has 18 heavy (non-hydrogen) atoms. The Morgan fingerprint density at radius 1 is 1.39 bits per heavy atom. The number of carbonyl (C=O) groups excluding carboxylic acids is 1. The molecule has 0 fully saturated rings. The van der Waals surface area contributed by atoms with E-state index >= 15 is 0 Å². The van der Waals surface area contributed by atoms with Gasteiger partial charge >= 0.3 is 0 Å². The summed E-state index contributed by atoms with van der Waals surface area (Å²) in [6.45, 7) is 3.89. The average molecular weight is 270 g/mol. The largest absolute Gasteiger partial charge is 0.346 e. The van der Waals surface area contributed by atoms with E-state index in [0.717, 1.165) is 6.26 Å². The van der Waals surface area contributed by atoms with Crippen LogP contribution in [0.2, 0.25) is 0 Å². The van der Waals surface area contributed by atoms with Crippen LogP contribution in [0.5, 0.6) is 0 Å². The summed E-state index contributed by atoms with van der Waals surface area (Å²) in [5, 5.41) is 2.74. The fourth-order valence-electron chi connectivity index (χ4n) is 1.30. The van der Waals surface area contributed by atoms with Crippen LogP contribution in [-0.2, 0) is 9.84 Å². The Morgan fingerprint density at radius 3 is 2.50 bits per heavy atom. The van der Waals surface area contributed by atoms with Gasteiger partial charge in [0, 0.05) is 23.9 Å². The smallest absolute Gasteiger partial charge is 0.251 e. The highest BCUT2D eigenvalue weighted by Crippen LogP contribution is 2.12. The first-order valence-corrected chi connectivity index (χ1v) is 7.37. The van der Waals surface area contributed by atoms with Crippen molar-refractivity contribution in [1.82, 2.24) is 5.32 Å². The number of carbonyl (C=O) groups is 1. The third kappa shape index (κ3) is 3.82. The zero-order valence-electron chi connectivity index (χ0n) is 10.7. The maximum Gasteiger partial charge on any atom is 0.251 e.